The SMILES string of the molecule is O=C(Oc1ccccc1-c1cc(-c2cccc(-c3cc(-c4ccccc4OC(=O)c4ccccc4)[nH]n3)c2)n[nH]1)c1ccccc1. The summed E-state index contributed by atoms with van der Waals surface area (Å²) < 4.78 is 11.5. The Morgan fingerprint density at radius 3 is 1.33 bits per heavy atom. The lowest BCUT2D eigenvalue weighted by Crippen LogP contribution is -2.08. The number of aromatic amines is 2. The number of H-pyrrole nitrogens is 2. The minimum atomic E-state index is -0.434. The zero-order chi connectivity index (χ0) is 31.3. The Balaban J connectivity index is 1.12. The maximum Gasteiger partial charge on any atom is 0.343 e. The Labute approximate surface area is 264 Å². The minimum Gasteiger partial charge on any atom is -0.422 e. The molecule has 8 nitrogen and oxygen atoms in total. The van der Waals surface area contributed by atoms with Crippen molar-refractivity contribution in [1.29, 1.82) is 0 Å². The lowest BCUT2D eigenvalue weighted by Gasteiger charge is -2.08. The topological polar surface area (TPSA) is 110 Å². The van der Waals surface area contributed by atoms with Gasteiger partial charge in [0.25, 0.3) is 0 Å². The molecule has 222 valence electrons. The Morgan fingerprint density at radius 2 is 0.870 bits per heavy atom. The standard InChI is InChI=1S/C38H26N4O4/c43-37(25-12-3-1-4-13-25)45-35-20-9-7-18-29(35)33-23-31(39-41-33)27-16-11-17-28(22-27)32-24-34(42-40-32)30-19-8-10-21-36(30)46-38(44)26-14-5-2-6-15-26/h1-24H,(H,39,41)(H,40,42). The summed E-state index contributed by atoms with van der Waals surface area (Å²) in [6.45, 7) is 0. The van der Waals surface area contributed by atoms with E-state index in [0.717, 1.165) is 22.5 Å². The van der Waals surface area contributed by atoms with Crippen LogP contribution in [0.15, 0.2) is 146 Å². The highest BCUT2D eigenvalue weighted by molar-refractivity contribution is 5.93. The van der Waals surface area contributed by atoms with Crippen LogP contribution >= 0.6 is 0 Å². The third kappa shape index (κ3) is 5.95. The molecule has 0 unspecified atom stereocenters. The minimum absolute atomic E-state index is 0.430. The fourth-order valence-corrected chi connectivity index (χ4v) is 5.08. The van der Waals surface area contributed by atoms with Gasteiger partial charge in [0.05, 0.1) is 33.9 Å². The molecule has 7 rings (SSSR count). The van der Waals surface area contributed by atoms with E-state index in [1.165, 1.54) is 0 Å². The fraction of sp³-hybridized carbons (Fsp3) is 0. The summed E-state index contributed by atoms with van der Waals surface area (Å²) >= 11 is 0. The summed E-state index contributed by atoms with van der Waals surface area (Å²) in [7, 11) is 0. The van der Waals surface area contributed by atoms with E-state index in [9.17, 15) is 9.59 Å². The van der Waals surface area contributed by atoms with E-state index in [-0.39, 0.29) is 0 Å². The normalized spacial score (nSPS) is 10.8. The maximum atomic E-state index is 12.7. The molecule has 2 heterocycles. The summed E-state index contributed by atoms with van der Waals surface area (Å²) in [6, 6.07) is 44.1. The van der Waals surface area contributed by atoms with Gasteiger partial charge in [0.2, 0.25) is 0 Å². The molecular weight excluding hydrogens is 576 g/mol. The lowest BCUT2D eigenvalue weighted by atomic mass is 10.0. The molecule has 0 aliphatic carbocycles. The molecule has 2 N–H and O–H groups in total. The molecule has 0 spiro atoms. The number of benzene rings is 5. The average Bonchev–Trinajstić information content (AvgIpc) is 3.81. The highest BCUT2D eigenvalue weighted by Gasteiger charge is 2.17. The van der Waals surface area contributed by atoms with E-state index in [1.807, 2.05) is 84.9 Å². The van der Waals surface area contributed by atoms with Gasteiger partial charge in [-0.1, -0.05) is 78.9 Å². The quantitative estimate of drug-likeness (QED) is 0.134. The molecule has 0 atom stereocenters. The number of aromatic nitrogens is 4. The monoisotopic (exact) mass is 602 g/mol. The van der Waals surface area contributed by atoms with Gasteiger partial charge in [-0.05, 0) is 66.7 Å². The highest BCUT2D eigenvalue weighted by atomic mass is 16.5. The van der Waals surface area contributed by atoms with Crippen LogP contribution in [0.25, 0.3) is 45.0 Å². The third-order valence-electron chi connectivity index (χ3n) is 7.39. The van der Waals surface area contributed by atoms with Crippen LogP contribution < -0.4 is 9.47 Å². The molecule has 8 heteroatoms. The Morgan fingerprint density at radius 1 is 0.457 bits per heavy atom. The summed E-state index contributed by atoms with van der Waals surface area (Å²) in [5.41, 5.74) is 6.97. The molecule has 0 saturated heterocycles. The van der Waals surface area contributed by atoms with E-state index in [1.54, 1.807) is 60.7 Å². The molecule has 7 aromatic rings. The van der Waals surface area contributed by atoms with Crippen molar-refractivity contribution in [2.24, 2.45) is 0 Å². The summed E-state index contributed by atoms with van der Waals surface area (Å²) in [6.07, 6.45) is 0. The Kier molecular flexibility index (Phi) is 7.73. The van der Waals surface area contributed by atoms with Crippen molar-refractivity contribution in [1.82, 2.24) is 20.4 Å². The molecule has 0 radical (unpaired) electrons. The van der Waals surface area contributed by atoms with Gasteiger partial charge in [0, 0.05) is 22.3 Å². The molecular formula is C38H26N4O4. The average molecular weight is 603 g/mol. The maximum absolute atomic E-state index is 12.7. The molecule has 0 bridgehead atoms. The summed E-state index contributed by atoms with van der Waals surface area (Å²) in [4.78, 5) is 25.5. The first-order chi connectivity index (χ1) is 22.6. The summed E-state index contributed by atoms with van der Waals surface area (Å²) in [5.74, 6) is -0.00939. The van der Waals surface area contributed by atoms with Crippen molar-refractivity contribution in [3.05, 3.63) is 157 Å². The molecule has 2 aromatic heterocycles. The molecule has 46 heavy (non-hydrogen) atoms. The molecule has 0 amide bonds. The number of hydrogen-bond donors (Lipinski definition) is 2. The van der Waals surface area contributed by atoms with Crippen LogP contribution in [0, 0.1) is 0 Å². The van der Waals surface area contributed by atoms with Crippen molar-refractivity contribution in [2.45, 2.75) is 0 Å². The molecule has 0 saturated carbocycles. The van der Waals surface area contributed by atoms with Crippen molar-refractivity contribution >= 4 is 11.9 Å². The predicted octanol–water partition coefficient (Wildman–Crippen LogP) is 8.24. The number of rotatable bonds is 8. The first kappa shape index (κ1) is 28.2. The van der Waals surface area contributed by atoms with Gasteiger partial charge in [-0.2, -0.15) is 10.2 Å². The van der Waals surface area contributed by atoms with Gasteiger partial charge in [0.15, 0.2) is 0 Å². The number of ether oxygens (including phenoxy) is 2. The van der Waals surface area contributed by atoms with Crippen LogP contribution in [0.3, 0.4) is 0 Å². The second-order valence-corrected chi connectivity index (χ2v) is 10.4. The predicted molar refractivity (Wildman–Crippen MR) is 175 cm³/mol. The Bertz CT molecular complexity index is 2000. The third-order valence-corrected chi connectivity index (χ3v) is 7.39. The van der Waals surface area contributed by atoms with E-state index in [0.29, 0.717) is 45.1 Å². The van der Waals surface area contributed by atoms with Gasteiger partial charge in [0.1, 0.15) is 11.5 Å². The first-order valence-electron chi connectivity index (χ1n) is 14.6. The number of nitrogens with one attached hydrogen (secondary N) is 2. The van der Waals surface area contributed by atoms with E-state index < -0.39 is 11.9 Å². The Hall–Kier alpha value is -6.54. The molecule has 0 aliphatic heterocycles. The summed E-state index contributed by atoms with van der Waals surface area (Å²) in [5, 5.41) is 15.3. The van der Waals surface area contributed by atoms with Crippen LogP contribution in [0.5, 0.6) is 11.5 Å². The van der Waals surface area contributed by atoms with Crippen molar-refractivity contribution < 1.29 is 19.1 Å². The molecule has 0 aliphatic rings. The van der Waals surface area contributed by atoms with E-state index in [4.69, 9.17) is 9.47 Å². The number of esters is 2. The van der Waals surface area contributed by atoms with Crippen LogP contribution in [-0.2, 0) is 0 Å². The number of para-hydroxylation sites is 2. The highest BCUT2D eigenvalue weighted by Crippen LogP contribution is 2.34. The van der Waals surface area contributed by atoms with Crippen molar-refractivity contribution in [3.8, 4) is 56.5 Å². The van der Waals surface area contributed by atoms with Crippen LogP contribution in [-0.4, -0.2) is 32.3 Å². The number of carbonyl (C=O) groups is 2. The molecule has 5 aromatic carbocycles. The van der Waals surface area contributed by atoms with Crippen LogP contribution in [0.2, 0.25) is 0 Å². The zero-order valence-electron chi connectivity index (χ0n) is 24.4. The lowest BCUT2D eigenvalue weighted by molar-refractivity contribution is 0.0726. The van der Waals surface area contributed by atoms with Crippen LogP contribution in [0.1, 0.15) is 20.7 Å². The van der Waals surface area contributed by atoms with Crippen molar-refractivity contribution in [3.63, 3.8) is 0 Å². The van der Waals surface area contributed by atoms with Gasteiger partial charge >= 0.3 is 11.9 Å². The van der Waals surface area contributed by atoms with Crippen LogP contribution in [0.4, 0.5) is 0 Å². The first-order valence-corrected chi connectivity index (χ1v) is 14.6. The van der Waals surface area contributed by atoms with Crippen molar-refractivity contribution in [2.75, 3.05) is 0 Å². The molecule has 0 fully saturated rings. The van der Waals surface area contributed by atoms with E-state index in [2.05, 4.69) is 20.4 Å². The van der Waals surface area contributed by atoms with Gasteiger partial charge in [-0.3, -0.25) is 10.2 Å². The number of hydrogen-bond acceptors (Lipinski definition) is 6. The van der Waals surface area contributed by atoms with E-state index >= 15 is 0 Å². The number of nitrogens with zero attached hydrogens (tertiary/aromatic N) is 2. The van der Waals surface area contributed by atoms with Gasteiger partial charge in [-0.25, -0.2) is 9.59 Å². The van der Waals surface area contributed by atoms with Gasteiger partial charge < -0.3 is 9.47 Å². The smallest absolute Gasteiger partial charge is 0.343 e. The second kappa shape index (κ2) is 12.6. The second-order valence-electron chi connectivity index (χ2n) is 10.4. The number of carbonyl (C=O) groups excluding carboxylic acids is 2. The largest absolute Gasteiger partial charge is 0.422 e. The fourth-order valence-electron chi connectivity index (χ4n) is 5.08. The zero-order valence-corrected chi connectivity index (χ0v) is 24.4. The van der Waals surface area contributed by atoms with Gasteiger partial charge in [-0.15, -0.1) is 0 Å².